The van der Waals surface area contributed by atoms with E-state index in [9.17, 15) is 9.59 Å². The van der Waals surface area contributed by atoms with Gasteiger partial charge in [0, 0.05) is 11.6 Å². The summed E-state index contributed by atoms with van der Waals surface area (Å²) in [6.45, 7) is 3.62. The van der Waals surface area contributed by atoms with Gasteiger partial charge in [-0.05, 0) is 37.6 Å². The number of fused-ring (bicyclic) bond motifs is 1. The molecule has 162 valence electrons. The van der Waals surface area contributed by atoms with Crippen LogP contribution >= 0.6 is 34.5 Å². The molecule has 0 aliphatic rings. The molecule has 8 nitrogen and oxygen atoms in total. The van der Waals surface area contributed by atoms with E-state index in [4.69, 9.17) is 23.2 Å². The first-order chi connectivity index (χ1) is 15.3. The molecule has 0 atom stereocenters. The van der Waals surface area contributed by atoms with Crippen molar-refractivity contribution in [3.05, 3.63) is 68.8 Å². The normalized spacial score (nSPS) is 10.8. The monoisotopic (exact) mass is 486 g/mol. The van der Waals surface area contributed by atoms with Crippen molar-refractivity contribution >= 4 is 73.9 Å². The minimum atomic E-state index is -0.464. The number of halogens is 2. The summed E-state index contributed by atoms with van der Waals surface area (Å²) in [5, 5.41) is 18.3. The predicted molar refractivity (Wildman–Crippen MR) is 128 cm³/mol. The largest absolute Gasteiger partial charge is 0.325 e. The molecule has 0 bridgehead atoms. The van der Waals surface area contributed by atoms with Crippen LogP contribution in [0.4, 0.5) is 21.3 Å². The number of nitrogens with one attached hydrogen (secondary N) is 3. The van der Waals surface area contributed by atoms with Gasteiger partial charge in [-0.2, -0.15) is 0 Å². The van der Waals surface area contributed by atoms with Crippen LogP contribution in [0.5, 0.6) is 0 Å². The standard InChI is InChI=1S/C21H16Cl2N6O2S/c1-10-9-24-18-12(17(10)26-20(31)27-21-29-28-11(2)32-21)5-3-8-15(18)25-19(30)16-13(22)6-4-7-14(16)23/h3-9H,1-2H3,(H,25,30)(H2,24,26,27,29,31). The highest BCUT2D eigenvalue weighted by atomic mass is 35.5. The van der Waals surface area contributed by atoms with Crippen LogP contribution in [-0.2, 0) is 0 Å². The summed E-state index contributed by atoms with van der Waals surface area (Å²) in [6.07, 6.45) is 1.62. The van der Waals surface area contributed by atoms with Gasteiger partial charge in [-0.3, -0.25) is 15.1 Å². The Morgan fingerprint density at radius 3 is 2.34 bits per heavy atom. The number of pyridine rings is 1. The SMILES string of the molecule is Cc1nnc(NC(=O)Nc2c(C)cnc3c(NC(=O)c4c(Cl)cccc4Cl)cccc23)s1. The summed E-state index contributed by atoms with van der Waals surface area (Å²) in [7, 11) is 0. The Labute approximate surface area is 197 Å². The Balaban J connectivity index is 1.65. The zero-order valence-corrected chi connectivity index (χ0v) is 19.2. The molecule has 4 aromatic rings. The summed E-state index contributed by atoms with van der Waals surface area (Å²) >= 11 is 13.6. The van der Waals surface area contributed by atoms with Gasteiger partial charge in [0.1, 0.15) is 5.01 Å². The predicted octanol–water partition coefficient (Wildman–Crippen LogP) is 5.91. The number of nitrogens with zero attached hydrogens (tertiary/aromatic N) is 3. The lowest BCUT2D eigenvalue weighted by Gasteiger charge is -2.14. The number of carbonyl (C=O) groups is 2. The second-order valence-corrected chi connectivity index (χ2v) is 8.77. The summed E-state index contributed by atoms with van der Waals surface area (Å²) < 4.78 is 0. The first kappa shape index (κ1) is 21.9. The molecule has 0 spiro atoms. The minimum absolute atomic E-state index is 0.171. The summed E-state index contributed by atoms with van der Waals surface area (Å²) in [4.78, 5) is 29.8. The van der Waals surface area contributed by atoms with E-state index in [1.54, 1.807) is 49.5 Å². The molecular weight excluding hydrogens is 471 g/mol. The van der Waals surface area contributed by atoms with E-state index in [0.717, 1.165) is 10.6 Å². The molecule has 0 aliphatic carbocycles. The number of amides is 3. The minimum Gasteiger partial charge on any atom is -0.320 e. The van der Waals surface area contributed by atoms with Crippen LogP contribution in [0.3, 0.4) is 0 Å². The van der Waals surface area contributed by atoms with E-state index in [0.29, 0.717) is 27.4 Å². The fourth-order valence-corrected chi connectivity index (χ4v) is 4.23. The van der Waals surface area contributed by atoms with Crippen molar-refractivity contribution in [2.24, 2.45) is 0 Å². The average Bonchev–Trinajstić information content (AvgIpc) is 3.14. The number of rotatable bonds is 4. The van der Waals surface area contributed by atoms with Gasteiger partial charge in [0.2, 0.25) is 5.13 Å². The molecule has 0 fully saturated rings. The van der Waals surface area contributed by atoms with E-state index >= 15 is 0 Å². The molecule has 4 rings (SSSR count). The number of hydrogen-bond acceptors (Lipinski definition) is 6. The molecule has 32 heavy (non-hydrogen) atoms. The molecule has 2 heterocycles. The van der Waals surface area contributed by atoms with Gasteiger partial charge >= 0.3 is 6.03 Å². The maximum atomic E-state index is 12.8. The number of benzene rings is 2. The molecule has 0 unspecified atom stereocenters. The van der Waals surface area contributed by atoms with Gasteiger partial charge in [-0.25, -0.2) is 4.79 Å². The van der Waals surface area contributed by atoms with E-state index in [1.807, 2.05) is 6.92 Å². The van der Waals surface area contributed by atoms with Crippen molar-refractivity contribution in [2.45, 2.75) is 13.8 Å². The van der Waals surface area contributed by atoms with Crippen molar-refractivity contribution in [3.8, 4) is 0 Å². The number of anilines is 3. The maximum Gasteiger partial charge on any atom is 0.325 e. The van der Waals surface area contributed by atoms with E-state index < -0.39 is 11.9 Å². The first-order valence-corrected chi connectivity index (χ1v) is 10.9. The number of hydrogen-bond donors (Lipinski definition) is 3. The Bertz CT molecular complexity index is 1340. The lowest BCUT2D eigenvalue weighted by Crippen LogP contribution is -2.20. The smallest absolute Gasteiger partial charge is 0.320 e. The van der Waals surface area contributed by atoms with Crippen LogP contribution in [0.1, 0.15) is 20.9 Å². The van der Waals surface area contributed by atoms with Gasteiger partial charge in [0.15, 0.2) is 0 Å². The topological polar surface area (TPSA) is 109 Å². The van der Waals surface area contributed by atoms with E-state index in [1.165, 1.54) is 11.3 Å². The molecule has 3 N–H and O–H groups in total. The van der Waals surface area contributed by atoms with Gasteiger partial charge < -0.3 is 10.6 Å². The molecule has 0 saturated carbocycles. The highest BCUT2D eigenvalue weighted by molar-refractivity contribution is 7.15. The van der Waals surface area contributed by atoms with Crippen LogP contribution in [-0.4, -0.2) is 27.1 Å². The van der Waals surface area contributed by atoms with E-state index in [-0.39, 0.29) is 15.6 Å². The summed E-state index contributed by atoms with van der Waals surface area (Å²) in [5.41, 5.74) is 2.42. The average molecular weight is 487 g/mol. The fraction of sp³-hybridized carbons (Fsp3) is 0.0952. The Kier molecular flexibility index (Phi) is 6.22. The number of urea groups is 1. The van der Waals surface area contributed by atoms with Gasteiger partial charge in [-0.15, -0.1) is 10.2 Å². The van der Waals surface area contributed by atoms with Crippen molar-refractivity contribution in [2.75, 3.05) is 16.0 Å². The molecule has 2 aromatic carbocycles. The second-order valence-electron chi connectivity index (χ2n) is 6.77. The van der Waals surface area contributed by atoms with Crippen LogP contribution < -0.4 is 16.0 Å². The third-order valence-electron chi connectivity index (χ3n) is 4.51. The first-order valence-electron chi connectivity index (χ1n) is 9.35. The number of aromatic nitrogens is 3. The Morgan fingerprint density at radius 1 is 0.938 bits per heavy atom. The highest BCUT2D eigenvalue weighted by Crippen LogP contribution is 2.32. The van der Waals surface area contributed by atoms with Gasteiger partial charge in [0.25, 0.3) is 5.91 Å². The summed E-state index contributed by atoms with van der Waals surface area (Å²) in [6, 6.07) is 9.65. The fourth-order valence-electron chi connectivity index (χ4n) is 3.08. The van der Waals surface area contributed by atoms with Crippen LogP contribution in [0.2, 0.25) is 10.0 Å². The van der Waals surface area contributed by atoms with Crippen molar-refractivity contribution in [1.29, 1.82) is 0 Å². The van der Waals surface area contributed by atoms with Crippen molar-refractivity contribution in [1.82, 2.24) is 15.2 Å². The molecular formula is C21H16Cl2N6O2S. The van der Waals surface area contributed by atoms with E-state index in [2.05, 4.69) is 31.1 Å². The van der Waals surface area contributed by atoms with Gasteiger partial charge in [-0.1, -0.05) is 52.7 Å². The Hall–Kier alpha value is -3.27. The third-order valence-corrected chi connectivity index (χ3v) is 5.89. The highest BCUT2D eigenvalue weighted by Gasteiger charge is 2.18. The maximum absolute atomic E-state index is 12.8. The quantitative estimate of drug-likeness (QED) is 0.332. The molecule has 3 amide bonds. The number of para-hydroxylation sites is 1. The van der Waals surface area contributed by atoms with Crippen molar-refractivity contribution < 1.29 is 9.59 Å². The van der Waals surface area contributed by atoms with Gasteiger partial charge in [0.05, 0.1) is 32.5 Å². The lowest BCUT2D eigenvalue weighted by atomic mass is 10.1. The third kappa shape index (κ3) is 4.50. The zero-order chi connectivity index (χ0) is 22.8. The van der Waals surface area contributed by atoms with Crippen LogP contribution in [0.25, 0.3) is 10.9 Å². The van der Waals surface area contributed by atoms with Crippen molar-refractivity contribution in [3.63, 3.8) is 0 Å². The van der Waals surface area contributed by atoms with Crippen LogP contribution in [0.15, 0.2) is 42.6 Å². The number of carbonyl (C=O) groups excluding carboxylic acids is 2. The summed E-state index contributed by atoms with van der Waals surface area (Å²) in [5.74, 6) is -0.464. The molecule has 11 heteroatoms. The van der Waals surface area contributed by atoms with Crippen LogP contribution in [0, 0.1) is 13.8 Å². The Morgan fingerprint density at radius 2 is 1.66 bits per heavy atom. The molecule has 0 saturated heterocycles. The molecule has 2 aromatic heterocycles. The molecule has 0 radical (unpaired) electrons. The molecule has 0 aliphatic heterocycles. The zero-order valence-electron chi connectivity index (χ0n) is 16.9. The lowest BCUT2D eigenvalue weighted by molar-refractivity contribution is 0.102. The number of aryl methyl sites for hydroxylation is 2. The second kappa shape index (κ2) is 9.07.